The average molecular weight is 367 g/mol. The number of rotatable bonds is 7. The lowest BCUT2D eigenvalue weighted by molar-refractivity contribution is -0.119. The molecule has 0 heterocycles. The van der Waals surface area contributed by atoms with Gasteiger partial charge in [0.15, 0.2) is 0 Å². The number of alkyl halides is 3. The highest BCUT2D eigenvalue weighted by Gasteiger charge is 2.30. The highest BCUT2D eigenvalue weighted by atomic mass is 79.9. The second kappa shape index (κ2) is 8.03. The van der Waals surface area contributed by atoms with E-state index in [1.807, 2.05) is 12.1 Å². The zero-order chi connectivity index (χ0) is 16.0. The molecule has 120 valence electrons. The summed E-state index contributed by atoms with van der Waals surface area (Å²) in [7, 11) is 0. The van der Waals surface area contributed by atoms with Gasteiger partial charge >= 0.3 is 6.18 Å². The maximum Gasteiger partial charge on any atom is 0.405 e. The number of benzene rings is 1. The molecule has 1 aromatic rings. The van der Waals surface area contributed by atoms with Gasteiger partial charge in [0.1, 0.15) is 6.54 Å². The summed E-state index contributed by atoms with van der Waals surface area (Å²) in [6.07, 6.45) is -4.20. The van der Waals surface area contributed by atoms with Gasteiger partial charge in [-0.05, 0) is 53.0 Å². The predicted octanol–water partition coefficient (Wildman–Crippen LogP) is 4.58. The maximum atomic E-state index is 12.6. The zero-order valence-electron chi connectivity index (χ0n) is 12.6. The number of hydrogen-bond acceptors (Lipinski definition) is 2. The van der Waals surface area contributed by atoms with Crippen molar-refractivity contribution in [2.45, 2.75) is 33.5 Å². The number of hydrogen-bond donors (Lipinski definition) is 1. The Balaban J connectivity index is 2.76. The molecule has 6 heteroatoms. The fraction of sp³-hybridized carbons (Fsp3) is 0.600. The van der Waals surface area contributed by atoms with Crippen molar-refractivity contribution in [1.82, 2.24) is 5.32 Å². The van der Waals surface area contributed by atoms with Crippen molar-refractivity contribution in [3.05, 3.63) is 28.2 Å². The summed E-state index contributed by atoms with van der Waals surface area (Å²) in [5.41, 5.74) is 1.62. The van der Waals surface area contributed by atoms with Crippen molar-refractivity contribution in [3.63, 3.8) is 0 Å². The molecule has 0 radical (unpaired) electrons. The molecule has 0 saturated heterocycles. The summed E-state index contributed by atoms with van der Waals surface area (Å²) in [4.78, 5) is 1.31. The van der Waals surface area contributed by atoms with Gasteiger partial charge in [0, 0.05) is 17.6 Å². The number of halogens is 4. The molecule has 0 aliphatic heterocycles. The lowest BCUT2D eigenvalue weighted by Crippen LogP contribution is -2.34. The van der Waals surface area contributed by atoms with Crippen LogP contribution in [0.15, 0.2) is 22.7 Å². The van der Waals surface area contributed by atoms with Crippen molar-refractivity contribution < 1.29 is 13.2 Å². The molecular formula is C15H22BrF3N2. The third kappa shape index (κ3) is 6.70. The third-order valence-electron chi connectivity index (χ3n) is 2.99. The van der Waals surface area contributed by atoms with Crippen LogP contribution >= 0.6 is 15.9 Å². The summed E-state index contributed by atoms with van der Waals surface area (Å²) >= 11 is 3.38. The van der Waals surface area contributed by atoms with E-state index in [0.717, 1.165) is 12.1 Å². The smallest absolute Gasteiger partial charge is 0.362 e. The van der Waals surface area contributed by atoms with Gasteiger partial charge < -0.3 is 10.2 Å². The van der Waals surface area contributed by atoms with E-state index in [2.05, 4.69) is 35.1 Å². The Labute approximate surface area is 132 Å². The first-order valence-corrected chi connectivity index (χ1v) is 7.83. The topological polar surface area (TPSA) is 15.3 Å². The van der Waals surface area contributed by atoms with Crippen LogP contribution < -0.4 is 10.2 Å². The molecule has 0 aromatic heterocycles. The molecule has 0 aliphatic carbocycles. The lowest BCUT2D eigenvalue weighted by atomic mass is 10.1. The van der Waals surface area contributed by atoms with Gasteiger partial charge in [-0.3, -0.25) is 0 Å². The normalized spacial score (nSPS) is 12.0. The third-order valence-corrected chi connectivity index (χ3v) is 3.62. The van der Waals surface area contributed by atoms with E-state index in [9.17, 15) is 13.2 Å². The fourth-order valence-electron chi connectivity index (χ4n) is 2.01. The lowest BCUT2D eigenvalue weighted by Gasteiger charge is -2.25. The first-order valence-electron chi connectivity index (χ1n) is 7.03. The molecule has 0 spiro atoms. The molecule has 0 aliphatic rings. The fourth-order valence-corrected chi connectivity index (χ4v) is 2.68. The van der Waals surface area contributed by atoms with E-state index in [-0.39, 0.29) is 0 Å². The minimum atomic E-state index is -4.20. The summed E-state index contributed by atoms with van der Waals surface area (Å²) < 4.78 is 38.4. The predicted molar refractivity (Wildman–Crippen MR) is 84.6 cm³/mol. The number of anilines is 1. The van der Waals surface area contributed by atoms with E-state index in [4.69, 9.17) is 0 Å². The van der Waals surface area contributed by atoms with Crippen LogP contribution in [0, 0.1) is 5.92 Å². The zero-order valence-corrected chi connectivity index (χ0v) is 14.2. The van der Waals surface area contributed by atoms with Gasteiger partial charge in [-0.2, -0.15) is 13.2 Å². The van der Waals surface area contributed by atoms with Crippen LogP contribution in [0.25, 0.3) is 0 Å². The Hall–Kier alpha value is -0.750. The summed E-state index contributed by atoms with van der Waals surface area (Å²) in [6.45, 7) is 6.97. The van der Waals surface area contributed by atoms with Gasteiger partial charge in [-0.1, -0.05) is 19.9 Å². The van der Waals surface area contributed by atoms with Crippen LogP contribution in [-0.4, -0.2) is 25.8 Å². The Morgan fingerprint density at radius 1 is 1.29 bits per heavy atom. The van der Waals surface area contributed by atoms with E-state index in [1.54, 1.807) is 13.0 Å². The second-order valence-electron chi connectivity index (χ2n) is 5.44. The molecule has 1 N–H and O–H groups in total. The van der Waals surface area contributed by atoms with E-state index in [1.165, 1.54) is 4.90 Å². The molecule has 0 fully saturated rings. The molecule has 2 nitrogen and oxygen atoms in total. The molecule has 0 bridgehead atoms. The van der Waals surface area contributed by atoms with Crippen LogP contribution in [0.4, 0.5) is 18.9 Å². The van der Waals surface area contributed by atoms with Gasteiger partial charge in [0.05, 0.1) is 5.69 Å². The Bertz CT molecular complexity index is 447. The Morgan fingerprint density at radius 2 is 1.95 bits per heavy atom. The summed E-state index contributed by atoms with van der Waals surface area (Å²) in [5.74, 6) is 0.565. The monoisotopic (exact) mass is 366 g/mol. The SMILES string of the molecule is CCN(CC(F)(F)F)c1ccc(CNCC(C)C)cc1Br. The molecular weight excluding hydrogens is 345 g/mol. The second-order valence-corrected chi connectivity index (χ2v) is 6.29. The van der Waals surface area contributed by atoms with E-state index >= 15 is 0 Å². The van der Waals surface area contributed by atoms with Crippen molar-refractivity contribution in [2.75, 3.05) is 24.5 Å². The van der Waals surface area contributed by atoms with Crippen molar-refractivity contribution in [3.8, 4) is 0 Å². The van der Waals surface area contributed by atoms with Crippen LogP contribution in [0.3, 0.4) is 0 Å². The standard InChI is InChI=1S/C15H22BrF3N2/c1-4-21(10-15(17,18)19)14-6-5-12(7-13(14)16)9-20-8-11(2)3/h5-7,11,20H,4,8-10H2,1-3H3. The number of nitrogens with one attached hydrogen (secondary N) is 1. The molecule has 0 atom stereocenters. The van der Waals surface area contributed by atoms with Crippen LogP contribution in [0.2, 0.25) is 0 Å². The van der Waals surface area contributed by atoms with Crippen molar-refractivity contribution in [2.24, 2.45) is 5.92 Å². The molecule has 1 rings (SSSR count). The Morgan fingerprint density at radius 3 is 2.43 bits per heavy atom. The van der Waals surface area contributed by atoms with E-state index in [0.29, 0.717) is 29.2 Å². The quantitative estimate of drug-likeness (QED) is 0.759. The summed E-state index contributed by atoms with van der Waals surface area (Å²) in [5, 5.41) is 3.31. The Kier molecular flexibility index (Phi) is 7.00. The van der Waals surface area contributed by atoms with Crippen molar-refractivity contribution in [1.29, 1.82) is 0 Å². The number of nitrogens with zero attached hydrogens (tertiary/aromatic N) is 1. The largest absolute Gasteiger partial charge is 0.405 e. The highest BCUT2D eigenvalue weighted by molar-refractivity contribution is 9.10. The minimum absolute atomic E-state index is 0.309. The molecule has 21 heavy (non-hydrogen) atoms. The van der Waals surface area contributed by atoms with Gasteiger partial charge in [0.25, 0.3) is 0 Å². The van der Waals surface area contributed by atoms with Crippen molar-refractivity contribution >= 4 is 21.6 Å². The van der Waals surface area contributed by atoms with Crippen LogP contribution in [0.1, 0.15) is 26.3 Å². The van der Waals surface area contributed by atoms with E-state index < -0.39 is 12.7 Å². The van der Waals surface area contributed by atoms with Crippen LogP contribution in [0.5, 0.6) is 0 Å². The van der Waals surface area contributed by atoms with Gasteiger partial charge in [0.2, 0.25) is 0 Å². The maximum absolute atomic E-state index is 12.6. The average Bonchev–Trinajstić information content (AvgIpc) is 2.35. The molecule has 0 amide bonds. The first kappa shape index (κ1) is 18.3. The summed E-state index contributed by atoms with van der Waals surface area (Å²) in [6, 6.07) is 5.49. The molecule has 0 saturated carbocycles. The minimum Gasteiger partial charge on any atom is -0.362 e. The molecule has 0 unspecified atom stereocenters. The van der Waals surface area contributed by atoms with Gasteiger partial charge in [-0.25, -0.2) is 0 Å². The van der Waals surface area contributed by atoms with Gasteiger partial charge in [-0.15, -0.1) is 0 Å². The first-order chi connectivity index (χ1) is 9.73. The highest BCUT2D eigenvalue weighted by Crippen LogP contribution is 2.30. The van der Waals surface area contributed by atoms with Crippen LogP contribution in [-0.2, 0) is 6.54 Å². The molecule has 1 aromatic carbocycles.